The fraction of sp³-hybridized carbons (Fsp3) is 0.634. The van der Waals surface area contributed by atoms with E-state index < -0.39 is 108 Å². The second kappa shape index (κ2) is 26.3. The standard InChI is InChI=1S/C41H64N10O12S/c1-22(2)33(39(61)50-34(23(3)52)40(62)47-28(36(58)45-20-32(55)56)18-24-11-13-25(53)14-12-24)49-38(60)30-10-7-17-51(30)41(63)29(21-64)48-37(59)27(8-4-5-15-42)46-31(54)19-44-35(57)26-9-6-16-43-26/h11-14,22-23,26-30,33-34,43,52-53,64H,4-10,15-21,42H2,1-3H3,(H,44,57)(H,45,58)(H,46,54)(H,47,62)(H,48,59)(H,49,60)(H,50,61)(H,55,56)/t23-,26+,27+,28+,29+,30+,33+,34+/m1/s1. The van der Waals surface area contributed by atoms with Crippen LogP contribution >= 0.6 is 12.6 Å². The van der Waals surface area contributed by atoms with Gasteiger partial charge in [0.2, 0.25) is 47.3 Å². The van der Waals surface area contributed by atoms with E-state index >= 15 is 0 Å². The number of benzene rings is 1. The van der Waals surface area contributed by atoms with Gasteiger partial charge in [0.15, 0.2) is 0 Å². The Hall–Kier alpha value is -5.52. The van der Waals surface area contributed by atoms with Crippen LogP contribution in [0.3, 0.4) is 0 Å². The maximum absolute atomic E-state index is 13.9. The zero-order valence-electron chi connectivity index (χ0n) is 36.4. The van der Waals surface area contributed by atoms with Crippen molar-refractivity contribution in [3.05, 3.63) is 29.8 Å². The molecule has 8 amide bonds. The molecule has 0 saturated carbocycles. The third-order valence-electron chi connectivity index (χ3n) is 10.8. The van der Waals surface area contributed by atoms with Gasteiger partial charge in [-0.1, -0.05) is 26.0 Å². The van der Waals surface area contributed by atoms with Gasteiger partial charge in [0.05, 0.1) is 18.7 Å². The van der Waals surface area contributed by atoms with Crippen LogP contribution < -0.4 is 48.3 Å². The predicted octanol–water partition coefficient (Wildman–Crippen LogP) is -3.49. The van der Waals surface area contributed by atoms with Gasteiger partial charge in [-0.2, -0.15) is 12.6 Å². The van der Waals surface area contributed by atoms with Crippen LogP contribution in [0.15, 0.2) is 24.3 Å². The molecule has 0 spiro atoms. The number of likely N-dealkylation sites (tertiary alicyclic amines) is 1. The van der Waals surface area contributed by atoms with Gasteiger partial charge in [-0.3, -0.25) is 43.2 Å². The lowest BCUT2D eigenvalue weighted by Crippen LogP contribution is -2.62. The molecule has 13 N–H and O–H groups in total. The third-order valence-corrected chi connectivity index (χ3v) is 11.1. The average Bonchev–Trinajstić information content (AvgIpc) is 3.98. The van der Waals surface area contributed by atoms with Gasteiger partial charge < -0.3 is 68.5 Å². The van der Waals surface area contributed by atoms with Crippen LogP contribution in [0.5, 0.6) is 5.75 Å². The smallest absolute Gasteiger partial charge is 0.322 e. The van der Waals surface area contributed by atoms with Crippen molar-refractivity contribution in [3.8, 4) is 5.75 Å². The van der Waals surface area contributed by atoms with Crippen molar-refractivity contribution in [2.45, 2.75) is 121 Å². The second-order valence-corrected chi connectivity index (χ2v) is 16.6. The first-order valence-electron chi connectivity index (χ1n) is 21.5. The number of hydrogen-bond acceptors (Lipinski definition) is 14. The number of nitrogens with one attached hydrogen (secondary N) is 8. The van der Waals surface area contributed by atoms with Crippen LogP contribution in [0, 0.1) is 5.92 Å². The molecule has 8 atom stereocenters. The Labute approximate surface area is 377 Å². The molecule has 0 aliphatic carbocycles. The lowest BCUT2D eigenvalue weighted by atomic mass is 10.0. The van der Waals surface area contributed by atoms with E-state index in [0.717, 1.165) is 6.42 Å². The van der Waals surface area contributed by atoms with Crippen LogP contribution in [0.25, 0.3) is 0 Å². The van der Waals surface area contributed by atoms with Crippen molar-refractivity contribution in [3.63, 3.8) is 0 Å². The van der Waals surface area contributed by atoms with Gasteiger partial charge in [-0.25, -0.2) is 0 Å². The molecular weight excluding hydrogens is 857 g/mol. The molecule has 0 aromatic heterocycles. The van der Waals surface area contributed by atoms with E-state index in [2.05, 4.69) is 55.2 Å². The molecule has 2 aliphatic heterocycles. The Bertz CT molecular complexity index is 1800. The molecule has 2 heterocycles. The summed E-state index contributed by atoms with van der Waals surface area (Å²) in [7, 11) is 0. The van der Waals surface area contributed by atoms with Crippen molar-refractivity contribution in [1.82, 2.24) is 47.4 Å². The maximum atomic E-state index is 13.9. The molecule has 2 aliphatic rings. The van der Waals surface area contributed by atoms with Gasteiger partial charge in [0.1, 0.15) is 48.5 Å². The SMILES string of the molecule is CC(C)[C@H](NC(=O)[C@@H]1CCCN1C(=O)[C@H](CS)NC(=O)[C@H](CCCCN)NC(=O)CNC(=O)[C@@H]1CCCN1)C(=O)N[C@H](C(=O)N[C@@H](Cc1ccc(O)cc1)C(=O)NCC(=O)O)[C@@H](C)O. The maximum Gasteiger partial charge on any atom is 0.322 e. The summed E-state index contributed by atoms with van der Waals surface area (Å²) in [6.07, 6.45) is 1.65. The highest BCUT2D eigenvalue weighted by atomic mass is 32.1. The van der Waals surface area contributed by atoms with Crippen molar-refractivity contribution in [1.29, 1.82) is 0 Å². The zero-order chi connectivity index (χ0) is 47.5. The summed E-state index contributed by atoms with van der Waals surface area (Å²) in [5, 5.41) is 49.9. The largest absolute Gasteiger partial charge is 0.508 e. The monoisotopic (exact) mass is 920 g/mol. The molecule has 23 heteroatoms. The molecule has 1 aromatic rings. The molecule has 0 unspecified atom stereocenters. The third kappa shape index (κ3) is 16.6. The highest BCUT2D eigenvalue weighted by Crippen LogP contribution is 2.20. The molecule has 1 aromatic carbocycles. The van der Waals surface area contributed by atoms with Crippen molar-refractivity contribution < 1.29 is 58.5 Å². The Morgan fingerprint density at radius 3 is 2.05 bits per heavy atom. The number of aliphatic carboxylic acids is 1. The Morgan fingerprint density at radius 2 is 1.45 bits per heavy atom. The first-order valence-corrected chi connectivity index (χ1v) is 22.1. The number of nitrogens with two attached hydrogens (primary N) is 1. The molecule has 2 saturated heterocycles. The van der Waals surface area contributed by atoms with Gasteiger partial charge in [0.25, 0.3) is 0 Å². The van der Waals surface area contributed by atoms with E-state index in [1.165, 1.54) is 36.1 Å². The minimum atomic E-state index is -1.65. The molecule has 0 bridgehead atoms. The molecule has 2 fully saturated rings. The van der Waals surface area contributed by atoms with E-state index in [1.807, 2.05) is 0 Å². The zero-order valence-corrected chi connectivity index (χ0v) is 37.3. The normalized spacial score (nSPS) is 18.6. The number of carbonyl (C=O) groups is 9. The molecule has 64 heavy (non-hydrogen) atoms. The Morgan fingerprint density at radius 1 is 0.781 bits per heavy atom. The lowest BCUT2D eigenvalue weighted by molar-refractivity contribution is -0.142. The summed E-state index contributed by atoms with van der Waals surface area (Å²) in [6, 6.07) is -2.39. The lowest BCUT2D eigenvalue weighted by Gasteiger charge is -2.31. The quantitative estimate of drug-likeness (QED) is 0.0335. The minimum absolute atomic E-state index is 0.0549. The number of amides is 8. The van der Waals surface area contributed by atoms with Gasteiger partial charge in [-0.15, -0.1) is 0 Å². The molecule has 0 radical (unpaired) electrons. The van der Waals surface area contributed by atoms with E-state index in [0.29, 0.717) is 44.3 Å². The van der Waals surface area contributed by atoms with Gasteiger partial charge in [-0.05, 0) is 88.6 Å². The first kappa shape index (κ1) is 52.8. The number of unbranched alkanes of at least 4 members (excludes halogenated alkanes) is 1. The fourth-order valence-electron chi connectivity index (χ4n) is 7.22. The summed E-state index contributed by atoms with van der Waals surface area (Å²) in [5.74, 6) is -7.83. The van der Waals surface area contributed by atoms with Crippen molar-refractivity contribution in [2.24, 2.45) is 11.7 Å². The van der Waals surface area contributed by atoms with E-state index in [4.69, 9.17) is 10.8 Å². The fourth-order valence-corrected chi connectivity index (χ4v) is 7.47. The van der Waals surface area contributed by atoms with E-state index in [-0.39, 0.29) is 49.8 Å². The summed E-state index contributed by atoms with van der Waals surface area (Å²) >= 11 is 4.30. The van der Waals surface area contributed by atoms with Crippen LogP contribution in [0.2, 0.25) is 0 Å². The predicted molar refractivity (Wildman–Crippen MR) is 234 cm³/mol. The molecule has 356 valence electrons. The summed E-state index contributed by atoms with van der Waals surface area (Å²) in [4.78, 5) is 119. The number of aromatic hydroxyl groups is 1. The number of aliphatic hydroxyl groups is 1. The number of carboxylic acid groups (broad SMARTS) is 1. The number of nitrogens with zero attached hydrogens (tertiary/aromatic N) is 1. The number of rotatable bonds is 25. The highest BCUT2D eigenvalue weighted by Gasteiger charge is 2.40. The van der Waals surface area contributed by atoms with Crippen molar-refractivity contribution >= 4 is 65.9 Å². The minimum Gasteiger partial charge on any atom is -0.508 e. The second-order valence-electron chi connectivity index (χ2n) is 16.2. The summed E-state index contributed by atoms with van der Waals surface area (Å²) in [5.41, 5.74) is 6.13. The number of aliphatic hydroxyl groups excluding tert-OH is 1. The summed E-state index contributed by atoms with van der Waals surface area (Å²) < 4.78 is 0. The Balaban J connectivity index is 1.68. The van der Waals surface area contributed by atoms with Crippen LogP contribution in [0.1, 0.15) is 71.3 Å². The molecule has 22 nitrogen and oxygen atoms in total. The van der Waals surface area contributed by atoms with Gasteiger partial charge >= 0.3 is 5.97 Å². The highest BCUT2D eigenvalue weighted by molar-refractivity contribution is 7.80. The molecule has 3 rings (SSSR count). The van der Waals surface area contributed by atoms with Gasteiger partial charge in [0, 0.05) is 18.7 Å². The Kier molecular flexibility index (Phi) is 21.7. The van der Waals surface area contributed by atoms with E-state index in [1.54, 1.807) is 13.8 Å². The molecular formula is C41H64N10O12S. The van der Waals surface area contributed by atoms with E-state index in [9.17, 15) is 53.4 Å². The number of phenolic OH excluding ortho intramolecular Hbond substituents is 1. The summed E-state index contributed by atoms with van der Waals surface area (Å²) in [6.45, 7) is 4.53. The number of thiol groups is 1. The first-order chi connectivity index (χ1) is 30.4. The van der Waals surface area contributed by atoms with Crippen molar-refractivity contribution in [2.75, 3.05) is 38.5 Å². The number of phenols is 1. The number of carbonyl (C=O) groups excluding carboxylic acids is 8. The average molecular weight is 921 g/mol. The van der Waals surface area contributed by atoms with Crippen LogP contribution in [0.4, 0.5) is 0 Å². The number of carboxylic acids is 1. The van der Waals surface area contributed by atoms with Crippen LogP contribution in [-0.2, 0) is 49.6 Å². The number of hydrogen-bond donors (Lipinski definition) is 13. The topological polar surface area (TPSA) is 340 Å². The van der Waals surface area contributed by atoms with Crippen LogP contribution in [-0.4, -0.2) is 160 Å².